The molecule has 8 nitrogen and oxygen atoms in total. The van der Waals surface area contributed by atoms with Crippen molar-refractivity contribution in [3.8, 4) is 0 Å². The second kappa shape index (κ2) is 9.52. The van der Waals surface area contributed by atoms with Gasteiger partial charge in [0.15, 0.2) is 0 Å². The number of carbonyl (C=O) groups is 2. The molecule has 2 aromatic rings. The molecular formula is C24H29N3O5S. The Balaban J connectivity index is 1.38. The molecular weight excluding hydrogens is 442 g/mol. The van der Waals surface area contributed by atoms with Gasteiger partial charge in [0, 0.05) is 38.3 Å². The van der Waals surface area contributed by atoms with Crippen molar-refractivity contribution in [1.29, 1.82) is 0 Å². The summed E-state index contributed by atoms with van der Waals surface area (Å²) in [4.78, 5) is 28.9. The van der Waals surface area contributed by atoms with Crippen molar-refractivity contribution < 1.29 is 22.7 Å². The van der Waals surface area contributed by atoms with Crippen LogP contribution < -0.4 is 4.72 Å². The van der Waals surface area contributed by atoms with Gasteiger partial charge >= 0.3 is 0 Å². The van der Waals surface area contributed by atoms with Gasteiger partial charge in [0.05, 0.1) is 10.6 Å². The Morgan fingerprint density at radius 1 is 0.970 bits per heavy atom. The molecule has 0 spiro atoms. The van der Waals surface area contributed by atoms with E-state index in [0.29, 0.717) is 44.0 Å². The third-order valence-electron chi connectivity index (χ3n) is 6.34. The molecule has 2 aromatic carbocycles. The summed E-state index contributed by atoms with van der Waals surface area (Å²) >= 11 is 0. The van der Waals surface area contributed by atoms with Crippen LogP contribution >= 0.6 is 0 Å². The number of ether oxygens (including phenoxy) is 1. The normalized spacial score (nSPS) is 18.9. The average Bonchev–Trinajstić information content (AvgIpc) is 3.36. The van der Waals surface area contributed by atoms with Gasteiger partial charge in [-0.05, 0) is 68.1 Å². The fourth-order valence-corrected chi connectivity index (χ4v) is 5.25. The van der Waals surface area contributed by atoms with E-state index < -0.39 is 10.0 Å². The summed E-state index contributed by atoms with van der Waals surface area (Å²) in [7, 11) is -3.78. The van der Waals surface area contributed by atoms with E-state index in [1.807, 2.05) is 19.9 Å². The van der Waals surface area contributed by atoms with Crippen LogP contribution in [0.4, 0.5) is 5.69 Å². The number of nitrogens with one attached hydrogen (secondary N) is 1. The maximum atomic E-state index is 12.9. The zero-order valence-electron chi connectivity index (χ0n) is 18.9. The van der Waals surface area contributed by atoms with Gasteiger partial charge in [-0.15, -0.1) is 0 Å². The molecule has 0 bridgehead atoms. The van der Waals surface area contributed by atoms with Gasteiger partial charge in [-0.2, -0.15) is 0 Å². The average molecular weight is 472 g/mol. The Labute approximate surface area is 194 Å². The van der Waals surface area contributed by atoms with Crippen molar-refractivity contribution in [2.45, 2.75) is 37.7 Å². The van der Waals surface area contributed by atoms with E-state index in [-0.39, 0.29) is 22.8 Å². The first kappa shape index (κ1) is 23.3. The zero-order chi connectivity index (χ0) is 23.6. The minimum Gasteiger partial charge on any atom is -0.368 e. The number of carbonyl (C=O) groups excluding carboxylic acids is 2. The van der Waals surface area contributed by atoms with Crippen molar-refractivity contribution in [2.75, 3.05) is 37.5 Å². The van der Waals surface area contributed by atoms with Crippen LogP contribution in [0.3, 0.4) is 0 Å². The topological polar surface area (TPSA) is 96.0 Å². The first-order valence-corrected chi connectivity index (χ1v) is 12.6. The fraction of sp³-hybridized carbons (Fsp3) is 0.417. The molecule has 0 saturated carbocycles. The molecule has 176 valence electrons. The SMILES string of the molecule is Cc1cccc(NS(=O)(=O)c2ccc(C(=O)N3CCN(C(=O)C4CCCO4)CC3)cc2)c1C. The molecule has 0 aromatic heterocycles. The molecule has 2 amide bonds. The van der Waals surface area contributed by atoms with Crippen molar-refractivity contribution in [3.05, 3.63) is 59.2 Å². The Morgan fingerprint density at radius 2 is 1.64 bits per heavy atom. The van der Waals surface area contributed by atoms with Gasteiger partial charge < -0.3 is 14.5 Å². The van der Waals surface area contributed by atoms with Crippen LogP contribution in [0.1, 0.15) is 34.3 Å². The summed E-state index contributed by atoms with van der Waals surface area (Å²) in [5.41, 5.74) is 2.81. The van der Waals surface area contributed by atoms with Crippen LogP contribution in [0, 0.1) is 13.8 Å². The Morgan fingerprint density at radius 3 is 2.27 bits per heavy atom. The fourth-order valence-electron chi connectivity index (χ4n) is 4.13. The molecule has 2 aliphatic heterocycles. The molecule has 1 atom stereocenters. The highest BCUT2D eigenvalue weighted by atomic mass is 32.2. The number of hydrogen-bond acceptors (Lipinski definition) is 5. The first-order valence-electron chi connectivity index (χ1n) is 11.1. The number of benzene rings is 2. The van der Waals surface area contributed by atoms with Crippen LogP contribution in [0.2, 0.25) is 0 Å². The lowest BCUT2D eigenvalue weighted by Gasteiger charge is -2.35. The van der Waals surface area contributed by atoms with E-state index in [0.717, 1.165) is 24.0 Å². The van der Waals surface area contributed by atoms with Crippen LogP contribution in [-0.2, 0) is 19.6 Å². The molecule has 2 saturated heterocycles. The zero-order valence-corrected chi connectivity index (χ0v) is 19.7. The van der Waals surface area contributed by atoms with Crippen molar-refractivity contribution >= 4 is 27.5 Å². The third kappa shape index (κ3) is 5.04. The summed E-state index contributed by atoms with van der Waals surface area (Å²) in [6.45, 7) is 6.22. The predicted octanol–water partition coefficient (Wildman–Crippen LogP) is 2.57. The van der Waals surface area contributed by atoms with E-state index >= 15 is 0 Å². The lowest BCUT2D eigenvalue weighted by Crippen LogP contribution is -2.52. The highest BCUT2D eigenvalue weighted by Crippen LogP contribution is 2.23. The molecule has 0 radical (unpaired) electrons. The number of sulfonamides is 1. The lowest BCUT2D eigenvalue weighted by atomic mass is 10.1. The Bertz CT molecular complexity index is 1130. The number of piperazine rings is 1. The molecule has 0 aliphatic carbocycles. The third-order valence-corrected chi connectivity index (χ3v) is 7.73. The van der Waals surface area contributed by atoms with Crippen LogP contribution in [-0.4, -0.2) is 68.9 Å². The minimum absolute atomic E-state index is 0.00510. The Kier molecular flexibility index (Phi) is 6.71. The van der Waals surface area contributed by atoms with Crippen molar-refractivity contribution in [3.63, 3.8) is 0 Å². The van der Waals surface area contributed by atoms with Gasteiger partial charge in [0.25, 0.3) is 21.8 Å². The number of hydrogen-bond donors (Lipinski definition) is 1. The summed E-state index contributed by atoms with van der Waals surface area (Å²) in [5.74, 6) is -0.170. The van der Waals surface area contributed by atoms with Crippen molar-refractivity contribution in [1.82, 2.24) is 9.80 Å². The van der Waals surface area contributed by atoms with Gasteiger partial charge in [-0.1, -0.05) is 12.1 Å². The molecule has 1 N–H and O–H groups in total. The largest absolute Gasteiger partial charge is 0.368 e. The van der Waals surface area contributed by atoms with E-state index in [1.165, 1.54) is 24.3 Å². The maximum Gasteiger partial charge on any atom is 0.261 e. The summed E-state index contributed by atoms with van der Waals surface area (Å²) in [6, 6.07) is 11.4. The van der Waals surface area contributed by atoms with Crippen LogP contribution in [0.15, 0.2) is 47.4 Å². The second-order valence-electron chi connectivity index (χ2n) is 8.50. The summed E-state index contributed by atoms with van der Waals surface area (Å²) in [5, 5.41) is 0. The maximum absolute atomic E-state index is 12.9. The number of rotatable bonds is 5. The van der Waals surface area contributed by atoms with Crippen molar-refractivity contribution in [2.24, 2.45) is 0 Å². The van der Waals surface area contributed by atoms with Gasteiger partial charge in [-0.3, -0.25) is 14.3 Å². The molecule has 2 heterocycles. The molecule has 1 unspecified atom stereocenters. The summed E-state index contributed by atoms with van der Waals surface area (Å²) < 4.78 is 33.7. The first-order chi connectivity index (χ1) is 15.8. The van der Waals surface area contributed by atoms with Crippen LogP contribution in [0.5, 0.6) is 0 Å². The molecule has 33 heavy (non-hydrogen) atoms. The minimum atomic E-state index is -3.78. The molecule has 2 fully saturated rings. The quantitative estimate of drug-likeness (QED) is 0.723. The Hall–Kier alpha value is -2.91. The number of nitrogens with zero attached hydrogens (tertiary/aromatic N) is 2. The smallest absolute Gasteiger partial charge is 0.261 e. The van der Waals surface area contributed by atoms with E-state index in [9.17, 15) is 18.0 Å². The van der Waals surface area contributed by atoms with Crippen LogP contribution in [0.25, 0.3) is 0 Å². The molecule has 2 aliphatic rings. The summed E-state index contributed by atoms with van der Waals surface area (Å²) in [6.07, 6.45) is 1.31. The number of anilines is 1. The lowest BCUT2D eigenvalue weighted by molar-refractivity contribution is -0.142. The number of amides is 2. The number of aryl methyl sites for hydroxylation is 1. The van der Waals surface area contributed by atoms with E-state index in [4.69, 9.17) is 4.74 Å². The van der Waals surface area contributed by atoms with Gasteiger partial charge in [0.1, 0.15) is 6.10 Å². The highest BCUT2D eigenvalue weighted by molar-refractivity contribution is 7.92. The highest BCUT2D eigenvalue weighted by Gasteiger charge is 2.31. The predicted molar refractivity (Wildman–Crippen MR) is 125 cm³/mol. The monoisotopic (exact) mass is 471 g/mol. The van der Waals surface area contributed by atoms with E-state index in [2.05, 4.69) is 4.72 Å². The molecule has 4 rings (SSSR count). The van der Waals surface area contributed by atoms with E-state index in [1.54, 1.807) is 21.9 Å². The van der Waals surface area contributed by atoms with Gasteiger partial charge in [0.2, 0.25) is 0 Å². The standard InChI is InChI=1S/C24H29N3O5S/c1-17-5-3-6-21(18(17)2)25-33(30,31)20-10-8-19(9-11-20)23(28)26-12-14-27(15-13-26)24(29)22-7-4-16-32-22/h3,5-6,8-11,22,25H,4,7,12-16H2,1-2H3. The molecule has 9 heteroatoms. The second-order valence-corrected chi connectivity index (χ2v) is 10.2. The van der Waals surface area contributed by atoms with Gasteiger partial charge in [-0.25, -0.2) is 8.42 Å².